The number of anilines is 1. The Balaban J connectivity index is 2.92. The minimum atomic E-state index is -0.245. The van der Waals surface area contributed by atoms with Crippen LogP contribution in [-0.2, 0) is 0 Å². The predicted molar refractivity (Wildman–Crippen MR) is 58.3 cm³/mol. The largest absolute Gasteiger partial charge is 0.398 e. The van der Waals surface area contributed by atoms with Crippen molar-refractivity contribution in [1.82, 2.24) is 0 Å². The first-order valence-electron chi connectivity index (χ1n) is 4.57. The molecule has 1 rings (SSSR count). The summed E-state index contributed by atoms with van der Waals surface area (Å²) in [4.78, 5) is 0. The fourth-order valence-electron chi connectivity index (χ4n) is 1.14. The molecule has 0 aliphatic rings. The first kappa shape index (κ1) is 10.7. The molecule has 0 amide bonds. The molecule has 0 bridgehead atoms. The molecule has 14 heavy (non-hydrogen) atoms. The van der Waals surface area contributed by atoms with Crippen molar-refractivity contribution in [3.8, 4) is 0 Å². The summed E-state index contributed by atoms with van der Waals surface area (Å²) in [6.45, 7) is 2.35. The number of hydrogen-bond acceptors (Lipinski definition) is 2. The lowest BCUT2D eigenvalue weighted by atomic mass is 10.1. The van der Waals surface area contributed by atoms with Crippen LogP contribution in [0.2, 0.25) is 0 Å². The van der Waals surface area contributed by atoms with Crippen LogP contribution in [0.4, 0.5) is 10.1 Å². The molecule has 0 spiro atoms. The average molecular weight is 194 g/mol. The highest BCUT2D eigenvalue weighted by Crippen LogP contribution is 2.18. The third kappa shape index (κ3) is 2.57. The lowest BCUT2D eigenvalue weighted by molar-refractivity contribution is 0.624. The van der Waals surface area contributed by atoms with E-state index >= 15 is 0 Å². The van der Waals surface area contributed by atoms with Crippen LogP contribution in [0.1, 0.15) is 17.5 Å². The SMILES string of the molecule is Cc1cc(F)c(C=CCCN)cc1N. The summed E-state index contributed by atoms with van der Waals surface area (Å²) in [5.74, 6) is -0.245. The molecule has 0 aliphatic carbocycles. The molecule has 0 fully saturated rings. The third-order valence-corrected chi connectivity index (χ3v) is 2.02. The van der Waals surface area contributed by atoms with Crippen LogP contribution < -0.4 is 11.5 Å². The van der Waals surface area contributed by atoms with Gasteiger partial charge in [-0.1, -0.05) is 12.2 Å². The van der Waals surface area contributed by atoms with Gasteiger partial charge in [0.2, 0.25) is 0 Å². The van der Waals surface area contributed by atoms with Gasteiger partial charge in [-0.25, -0.2) is 4.39 Å². The second-order valence-corrected chi connectivity index (χ2v) is 3.21. The van der Waals surface area contributed by atoms with E-state index in [1.165, 1.54) is 6.07 Å². The van der Waals surface area contributed by atoms with Gasteiger partial charge in [-0.15, -0.1) is 0 Å². The summed E-state index contributed by atoms with van der Waals surface area (Å²) >= 11 is 0. The van der Waals surface area contributed by atoms with Gasteiger partial charge in [0.1, 0.15) is 5.82 Å². The van der Waals surface area contributed by atoms with Gasteiger partial charge in [-0.2, -0.15) is 0 Å². The topological polar surface area (TPSA) is 52.0 Å². The van der Waals surface area contributed by atoms with E-state index in [9.17, 15) is 4.39 Å². The normalized spacial score (nSPS) is 11.1. The first-order chi connectivity index (χ1) is 6.65. The van der Waals surface area contributed by atoms with Crippen molar-refractivity contribution in [2.75, 3.05) is 12.3 Å². The zero-order valence-corrected chi connectivity index (χ0v) is 8.26. The number of hydrogen-bond donors (Lipinski definition) is 2. The van der Waals surface area contributed by atoms with Crippen molar-refractivity contribution in [3.05, 3.63) is 35.2 Å². The van der Waals surface area contributed by atoms with Gasteiger partial charge in [0.05, 0.1) is 0 Å². The van der Waals surface area contributed by atoms with E-state index in [-0.39, 0.29) is 5.82 Å². The van der Waals surface area contributed by atoms with Crippen LogP contribution in [0.15, 0.2) is 18.2 Å². The molecule has 0 heterocycles. The lowest BCUT2D eigenvalue weighted by Crippen LogP contribution is -1.96. The number of nitrogens with two attached hydrogens (primary N) is 2. The van der Waals surface area contributed by atoms with Gasteiger partial charge in [0, 0.05) is 11.3 Å². The molecule has 0 saturated heterocycles. The molecule has 0 atom stereocenters. The minimum absolute atomic E-state index is 0.245. The molecule has 0 radical (unpaired) electrons. The molecular formula is C11H15FN2. The summed E-state index contributed by atoms with van der Waals surface area (Å²) < 4.78 is 13.3. The fourth-order valence-corrected chi connectivity index (χ4v) is 1.14. The molecule has 0 aromatic heterocycles. The molecular weight excluding hydrogens is 179 g/mol. The highest BCUT2D eigenvalue weighted by molar-refractivity contribution is 5.59. The monoisotopic (exact) mass is 194 g/mol. The second-order valence-electron chi connectivity index (χ2n) is 3.21. The van der Waals surface area contributed by atoms with Crippen molar-refractivity contribution in [2.45, 2.75) is 13.3 Å². The fraction of sp³-hybridized carbons (Fsp3) is 0.273. The van der Waals surface area contributed by atoms with Crippen molar-refractivity contribution in [2.24, 2.45) is 5.73 Å². The Morgan fingerprint density at radius 3 is 2.79 bits per heavy atom. The Kier molecular flexibility index (Phi) is 3.65. The maximum Gasteiger partial charge on any atom is 0.130 e. The molecule has 0 unspecified atom stereocenters. The standard InChI is InChI=1S/C11H15FN2/c1-8-6-10(12)9(7-11(8)14)4-2-3-5-13/h2,4,6-7H,3,5,13-14H2,1H3. The molecule has 76 valence electrons. The molecule has 0 saturated carbocycles. The van der Waals surface area contributed by atoms with Gasteiger partial charge >= 0.3 is 0 Å². The zero-order valence-electron chi connectivity index (χ0n) is 8.26. The molecule has 2 nitrogen and oxygen atoms in total. The van der Waals surface area contributed by atoms with Gasteiger partial charge < -0.3 is 11.5 Å². The first-order valence-corrected chi connectivity index (χ1v) is 4.57. The summed E-state index contributed by atoms with van der Waals surface area (Å²) in [6, 6.07) is 3.08. The smallest absolute Gasteiger partial charge is 0.130 e. The predicted octanol–water partition coefficient (Wildman–Crippen LogP) is 2.08. The molecule has 0 aliphatic heterocycles. The van der Waals surface area contributed by atoms with Crippen LogP contribution in [0.5, 0.6) is 0 Å². The quantitative estimate of drug-likeness (QED) is 0.724. The van der Waals surface area contributed by atoms with Crippen molar-refractivity contribution in [1.29, 1.82) is 0 Å². The van der Waals surface area contributed by atoms with E-state index in [2.05, 4.69) is 0 Å². The summed E-state index contributed by atoms with van der Waals surface area (Å²) in [7, 11) is 0. The Labute approximate surface area is 83.4 Å². The Hall–Kier alpha value is -1.35. The van der Waals surface area contributed by atoms with Crippen molar-refractivity contribution < 1.29 is 4.39 Å². The third-order valence-electron chi connectivity index (χ3n) is 2.02. The molecule has 1 aromatic carbocycles. The summed E-state index contributed by atoms with van der Waals surface area (Å²) in [5, 5.41) is 0. The number of nitrogen functional groups attached to an aromatic ring is 1. The van der Waals surface area contributed by atoms with E-state index in [0.29, 0.717) is 17.8 Å². The van der Waals surface area contributed by atoms with Crippen LogP contribution in [-0.4, -0.2) is 6.54 Å². The maximum atomic E-state index is 13.3. The zero-order chi connectivity index (χ0) is 10.6. The Bertz CT molecular complexity index is 345. The van der Waals surface area contributed by atoms with Gasteiger partial charge in [0.15, 0.2) is 0 Å². The van der Waals surface area contributed by atoms with E-state index in [1.54, 1.807) is 19.1 Å². The maximum absolute atomic E-state index is 13.3. The van der Waals surface area contributed by atoms with Gasteiger partial charge in [-0.05, 0) is 37.6 Å². The Morgan fingerprint density at radius 2 is 2.14 bits per heavy atom. The highest BCUT2D eigenvalue weighted by atomic mass is 19.1. The van der Waals surface area contributed by atoms with Gasteiger partial charge in [0.25, 0.3) is 0 Å². The van der Waals surface area contributed by atoms with Crippen LogP contribution in [0, 0.1) is 12.7 Å². The lowest BCUT2D eigenvalue weighted by Gasteiger charge is -2.03. The van der Waals surface area contributed by atoms with Crippen molar-refractivity contribution >= 4 is 11.8 Å². The number of rotatable bonds is 3. The Morgan fingerprint density at radius 1 is 1.43 bits per heavy atom. The minimum Gasteiger partial charge on any atom is -0.398 e. The van der Waals surface area contributed by atoms with Crippen LogP contribution >= 0.6 is 0 Å². The second kappa shape index (κ2) is 4.77. The van der Waals surface area contributed by atoms with Crippen LogP contribution in [0.25, 0.3) is 6.08 Å². The van der Waals surface area contributed by atoms with E-state index in [4.69, 9.17) is 11.5 Å². The van der Waals surface area contributed by atoms with E-state index < -0.39 is 0 Å². The highest BCUT2D eigenvalue weighted by Gasteiger charge is 2.01. The van der Waals surface area contributed by atoms with E-state index in [0.717, 1.165) is 12.0 Å². The number of aryl methyl sites for hydroxylation is 1. The molecule has 3 heteroatoms. The number of benzene rings is 1. The summed E-state index contributed by atoms with van der Waals surface area (Å²) in [6.07, 6.45) is 4.29. The molecule has 4 N–H and O–H groups in total. The number of halogens is 1. The van der Waals surface area contributed by atoms with Crippen LogP contribution in [0.3, 0.4) is 0 Å². The van der Waals surface area contributed by atoms with Crippen molar-refractivity contribution in [3.63, 3.8) is 0 Å². The van der Waals surface area contributed by atoms with Gasteiger partial charge in [-0.3, -0.25) is 0 Å². The average Bonchev–Trinajstić information content (AvgIpc) is 2.14. The molecule has 1 aromatic rings. The van der Waals surface area contributed by atoms with E-state index in [1.807, 2.05) is 6.08 Å². The summed E-state index contributed by atoms with van der Waals surface area (Å²) in [5.41, 5.74) is 12.9.